The second-order valence-corrected chi connectivity index (χ2v) is 7.00. The first-order valence-electron chi connectivity index (χ1n) is 9.00. The SMILES string of the molecule is C[C@H]1CN(C(=O)CCc2ccc(O)cc2)Cc2nnc(-c3cnn(C)c3)n21. The number of nitrogens with zero attached hydrogens (tertiary/aromatic N) is 6. The molecule has 140 valence electrons. The molecule has 3 heterocycles. The number of aryl methyl sites for hydroxylation is 2. The largest absolute Gasteiger partial charge is 0.508 e. The third kappa shape index (κ3) is 3.42. The highest BCUT2D eigenvalue weighted by atomic mass is 16.3. The maximum absolute atomic E-state index is 12.7. The van der Waals surface area contributed by atoms with Crippen LogP contribution in [0.4, 0.5) is 0 Å². The van der Waals surface area contributed by atoms with Crippen LogP contribution in [0.5, 0.6) is 5.75 Å². The predicted octanol–water partition coefficient (Wildman–Crippen LogP) is 1.92. The fourth-order valence-electron chi connectivity index (χ4n) is 3.53. The third-order valence-electron chi connectivity index (χ3n) is 4.90. The van der Waals surface area contributed by atoms with Gasteiger partial charge >= 0.3 is 0 Å². The zero-order valence-electron chi connectivity index (χ0n) is 15.4. The maximum Gasteiger partial charge on any atom is 0.223 e. The Kier molecular flexibility index (Phi) is 4.39. The van der Waals surface area contributed by atoms with Crippen molar-refractivity contribution in [2.75, 3.05) is 6.54 Å². The van der Waals surface area contributed by atoms with Crippen molar-refractivity contribution in [3.05, 3.63) is 48.0 Å². The Labute approximate surface area is 157 Å². The van der Waals surface area contributed by atoms with Crippen molar-refractivity contribution in [2.24, 2.45) is 7.05 Å². The molecule has 4 rings (SSSR count). The number of hydrogen-bond donors (Lipinski definition) is 1. The molecule has 0 spiro atoms. The number of aromatic hydroxyl groups is 1. The maximum atomic E-state index is 12.7. The van der Waals surface area contributed by atoms with Gasteiger partial charge in [-0.3, -0.25) is 9.48 Å². The Morgan fingerprint density at radius 2 is 2.04 bits per heavy atom. The standard InChI is InChI=1S/C19H22N6O2/c1-13-10-24(18(27)8-5-14-3-6-16(26)7-4-14)12-17-21-22-19(25(13)17)15-9-20-23(2)11-15/h3-4,6-7,9,11,13,26H,5,8,10,12H2,1-2H3/t13-/m0/s1. The fourth-order valence-corrected chi connectivity index (χ4v) is 3.53. The van der Waals surface area contributed by atoms with Crippen LogP contribution >= 0.6 is 0 Å². The van der Waals surface area contributed by atoms with Gasteiger partial charge in [0, 0.05) is 26.2 Å². The highest BCUT2D eigenvalue weighted by molar-refractivity contribution is 5.76. The highest BCUT2D eigenvalue weighted by Gasteiger charge is 2.29. The summed E-state index contributed by atoms with van der Waals surface area (Å²) >= 11 is 0. The molecule has 1 aliphatic rings. The van der Waals surface area contributed by atoms with E-state index in [1.165, 1.54) is 0 Å². The molecule has 0 bridgehead atoms. The number of aromatic nitrogens is 5. The molecule has 3 aromatic rings. The summed E-state index contributed by atoms with van der Waals surface area (Å²) in [5.41, 5.74) is 1.96. The molecule has 0 radical (unpaired) electrons. The van der Waals surface area contributed by atoms with E-state index in [1.807, 2.05) is 30.3 Å². The number of carbonyl (C=O) groups excluding carboxylic acids is 1. The van der Waals surface area contributed by atoms with Gasteiger partial charge in [-0.15, -0.1) is 10.2 Å². The molecular formula is C19H22N6O2. The van der Waals surface area contributed by atoms with E-state index in [9.17, 15) is 9.90 Å². The second kappa shape index (κ2) is 6.86. The zero-order valence-corrected chi connectivity index (χ0v) is 15.4. The molecule has 1 aromatic carbocycles. The van der Waals surface area contributed by atoms with E-state index in [-0.39, 0.29) is 17.7 Å². The Morgan fingerprint density at radius 3 is 2.74 bits per heavy atom. The molecule has 0 saturated heterocycles. The average molecular weight is 366 g/mol. The van der Waals surface area contributed by atoms with Crippen molar-refractivity contribution in [1.29, 1.82) is 0 Å². The first-order chi connectivity index (χ1) is 13.0. The van der Waals surface area contributed by atoms with Crippen molar-refractivity contribution in [2.45, 2.75) is 32.4 Å². The van der Waals surface area contributed by atoms with E-state index < -0.39 is 0 Å². The number of rotatable bonds is 4. The van der Waals surface area contributed by atoms with Gasteiger partial charge in [0.15, 0.2) is 11.6 Å². The summed E-state index contributed by atoms with van der Waals surface area (Å²) in [7, 11) is 1.87. The number of phenols is 1. The number of amides is 1. The lowest BCUT2D eigenvalue weighted by molar-refractivity contribution is -0.133. The van der Waals surface area contributed by atoms with Crippen LogP contribution < -0.4 is 0 Å². The van der Waals surface area contributed by atoms with Crippen LogP contribution in [-0.4, -0.2) is 47.0 Å². The summed E-state index contributed by atoms with van der Waals surface area (Å²) in [6.45, 7) is 3.17. The zero-order chi connectivity index (χ0) is 19.0. The van der Waals surface area contributed by atoms with Gasteiger partial charge in [-0.05, 0) is 31.0 Å². The quantitative estimate of drug-likeness (QED) is 0.762. The molecule has 8 nitrogen and oxygen atoms in total. The van der Waals surface area contributed by atoms with Gasteiger partial charge in [-0.1, -0.05) is 12.1 Å². The van der Waals surface area contributed by atoms with E-state index in [1.54, 1.807) is 23.0 Å². The number of hydrogen-bond acceptors (Lipinski definition) is 5. The molecule has 27 heavy (non-hydrogen) atoms. The van der Waals surface area contributed by atoms with E-state index in [4.69, 9.17) is 0 Å². The Hall–Kier alpha value is -3.16. The number of carbonyl (C=O) groups is 1. The van der Waals surface area contributed by atoms with Crippen molar-refractivity contribution in [3.8, 4) is 17.1 Å². The first kappa shape index (κ1) is 17.3. The topological polar surface area (TPSA) is 89.1 Å². The molecular weight excluding hydrogens is 344 g/mol. The van der Waals surface area contributed by atoms with E-state index in [0.717, 1.165) is 22.8 Å². The number of fused-ring (bicyclic) bond motifs is 1. The van der Waals surface area contributed by atoms with Crippen molar-refractivity contribution in [3.63, 3.8) is 0 Å². The summed E-state index contributed by atoms with van der Waals surface area (Å²) in [5, 5.41) is 22.2. The normalized spacial score (nSPS) is 16.4. The predicted molar refractivity (Wildman–Crippen MR) is 98.8 cm³/mol. The lowest BCUT2D eigenvalue weighted by atomic mass is 10.1. The summed E-state index contributed by atoms with van der Waals surface area (Å²) in [5.74, 6) is 1.93. The number of phenolic OH excluding ortho intramolecular Hbond substituents is 1. The summed E-state index contributed by atoms with van der Waals surface area (Å²) in [6.07, 6.45) is 4.77. The van der Waals surface area contributed by atoms with E-state index >= 15 is 0 Å². The molecule has 8 heteroatoms. The van der Waals surface area contributed by atoms with Crippen LogP contribution in [0, 0.1) is 0 Å². The molecule has 2 aromatic heterocycles. The Balaban J connectivity index is 1.46. The van der Waals surface area contributed by atoms with Crippen molar-refractivity contribution in [1.82, 2.24) is 29.4 Å². The summed E-state index contributed by atoms with van der Waals surface area (Å²) in [4.78, 5) is 14.5. The minimum Gasteiger partial charge on any atom is -0.508 e. The molecule has 1 aliphatic heterocycles. The molecule has 1 N–H and O–H groups in total. The number of benzene rings is 1. The third-order valence-corrected chi connectivity index (χ3v) is 4.90. The average Bonchev–Trinajstić information content (AvgIpc) is 3.27. The van der Waals surface area contributed by atoms with Crippen LogP contribution in [0.25, 0.3) is 11.4 Å². The van der Waals surface area contributed by atoms with Crippen LogP contribution in [0.1, 0.15) is 30.8 Å². The van der Waals surface area contributed by atoms with Gasteiger partial charge in [0.25, 0.3) is 0 Å². The Bertz CT molecular complexity index is 959. The first-order valence-corrected chi connectivity index (χ1v) is 9.00. The van der Waals surface area contributed by atoms with Gasteiger partial charge in [0.05, 0.1) is 24.3 Å². The molecule has 0 saturated carbocycles. The van der Waals surface area contributed by atoms with Crippen molar-refractivity contribution >= 4 is 5.91 Å². The van der Waals surface area contributed by atoms with Gasteiger partial charge in [-0.25, -0.2) is 0 Å². The van der Waals surface area contributed by atoms with E-state index in [0.29, 0.717) is 25.9 Å². The highest BCUT2D eigenvalue weighted by Crippen LogP contribution is 2.27. The minimum absolute atomic E-state index is 0.0941. The van der Waals surface area contributed by atoms with Crippen molar-refractivity contribution < 1.29 is 9.90 Å². The van der Waals surface area contributed by atoms with Crippen LogP contribution in [0.2, 0.25) is 0 Å². The minimum atomic E-state index is 0.0941. The van der Waals surface area contributed by atoms with E-state index in [2.05, 4.69) is 26.8 Å². The van der Waals surface area contributed by atoms with Crippen LogP contribution in [-0.2, 0) is 24.8 Å². The Morgan fingerprint density at radius 1 is 1.26 bits per heavy atom. The molecule has 0 fully saturated rings. The van der Waals surface area contributed by atoms with Gasteiger partial charge in [0.1, 0.15) is 5.75 Å². The monoisotopic (exact) mass is 366 g/mol. The summed E-state index contributed by atoms with van der Waals surface area (Å²) in [6, 6.07) is 7.07. The fraction of sp³-hybridized carbons (Fsp3) is 0.368. The lowest BCUT2D eigenvalue weighted by Gasteiger charge is -2.32. The van der Waals surface area contributed by atoms with Gasteiger partial charge in [-0.2, -0.15) is 5.10 Å². The molecule has 1 amide bonds. The van der Waals surface area contributed by atoms with Crippen LogP contribution in [0.3, 0.4) is 0 Å². The smallest absolute Gasteiger partial charge is 0.223 e. The van der Waals surface area contributed by atoms with Gasteiger partial charge in [0.2, 0.25) is 5.91 Å². The lowest BCUT2D eigenvalue weighted by Crippen LogP contribution is -2.40. The molecule has 1 atom stereocenters. The summed E-state index contributed by atoms with van der Waals surface area (Å²) < 4.78 is 3.84. The van der Waals surface area contributed by atoms with Gasteiger partial charge < -0.3 is 14.6 Å². The molecule has 0 unspecified atom stereocenters. The van der Waals surface area contributed by atoms with Crippen LogP contribution in [0.15, 0.2) is 36.7 Å². The second-order valence-electron chi connectivity index (χ2n) is 7.00. The molecule has 0 aliphatic carbocycles.